The number of nitrogens with zero attached hydrogens (tertiary/aromatic N) is 2. The van der Waals surface area contributed by atoms with Gasteiger partial charge in [-0.05, 0) is 43.2 Å². The molecule has 0 unspecified atom stereocenters. The van der Waals surface area contributed by atoms with Crippen LogP contribution in [0.2, 0.25) is 5.02 Å². The van der Waals surface area contributed by atoms with E-state index in [1.54, 1.807) is 25.5 Å². The van der Waals surface area contributed by atoms with Crippen LogP contribution in [0.3, 0.4) is 0 Å². The molecule has 1 N–H and O–H groups in total. The second kappa shape index (κ2) is 7.49. The Labute approximate surface area is 151 Å². The third-order valence-electron chi connectivity index (χ3n) is 3.81. The topological polar surface area (TPSA) is 64.1 Å². The van der Waals surface area contributed by atoms with Crippen molar-refractivity contribution in [1.82, 2.24) is 9.97 Å². The molecule has 25 heavy (non-hydrogen) atoms. The molecule has 6 heteroatoms. The lowest BCUT2D eigenvalue weighted by Gasteiger charge is -2.15. The molecule has 5 nitrogen and oxygen atoms in total. The lowest BCUT2D eigenvalue weighted by molar-refractivity contribution is 0.0527. The van der Waals surface area contributed by atoms with Crippen molar-refractivity contribution < 1.29 is 9.53 Å². The van der Waals surface area contributed by atoms with E-state index in [4.69, 9.17) is 16.3 Å². The normalized spacial score (nSPS) is 10.7. The van der Waals surface area contributed by atoms with Gasteiger partial charge in [0.1, 0.15) is 5.56 Å². The monoisotopic (exact) mass is 355 g/mol. The minimum absolute atomic E-state index is 0.299. The molecule has 128 valence electrons. The average molecular weight is 356 g/mol. The second-order valence-corrected chi connectivity index (χ2v) is 6.04. The van der Waals surface area contributed by atoms with Crippen LogP contribution in [-0.2, 0) is 11.3 Å². The maximum absolute atomic E-state index is 12.3. The van der Waals surface area contributed by atoms with Crippen molar-refractivity contribution in [1.29, 1.82) is 0 Å². The van der Waals surface area contributed by atoms with Crippen LogP contribution in [0.15, 0.2) is 42.9 Å². The summed E-state index contributed by atoms with van der Waals surface area (Å²) in [5, 5.41) is 4.71. The number of hydrogen-bond acceptors (Lipinski definition) is 5. The molecule has 0 aliphatic rings. The highest BCUT2D eigenvalue weighted by atomic mass is 35.5. The fourth-order valence-electron chi connectivity index (χ4n) is 2.68. The highest BCUT2D eigenvalue weighted by molar-refractivity contribution is 6.31. The van der Waals surface area contributed by atoms with Gasteiger partial charge in [-0.25, -0.2) is 4.79 Å². The van der Waals surface area contributed by atoms with E-state index < -0.39 is 5.97 Å². The molecule has 0 bridgehead atoms. The van der Waals surface area contributed by atoms with Gasteiger partial charge in [-0.15, -0.1) is 0 Å². The van der Waals surface area contributed by atoms with E-state index in [1.165, 1.54) is 0 Å². The molecule has 0 aliphatic heterocycles. The molecule has 0 aliphatic carbocycles. The average Bonchev–Trinajstić information content (AvgIpc) is 2.60. The smallest absolute Gasteiger partial charge is 0.341 e. The first-order valence-corrected chi connectivity index (χ1v) is 8.36. The summed E-state index contributed by atoms with van der Waals surface area (Å²) in [6.07, 6.45) is 5.05. The second-order valence-electron chi connectivity index (χ2n) is 5.60. The molecular formula is C19H18ClN3O2. The van der Waals surface area contributed by atoms with E-state index in [0.717, 1.165) is 22.0 Å². The summed E-state index contributed by atoms with van der Waals surface area (Å²) >= 11 is 6.22. The summed E-state index contributed by atoms with van der Waals surface area (Å²) in [7, 11) is 0. The first-order valence-electron chi connectivity index (χ1n) is 7.99. The highest BCUT2D eigenvalue weighted by Crippen LogP contribution is 2.31. The fraction of sp³-hybridized carbons (Fsp3) is 0.211. The molecule has 2 heterocycles. The summed E-state index contributed by atoms with van der Waals surface area (Å²) in [6, 6.07) is 7.50. The number of aryl methyl sites for hydroxylation is 1. The van der Waals surface area contributed by atoms with Crippen molar-refractivity contribution >= 4 is 34.2 Å². The summed E-state index contributed by atoms with van der Waals surface area (Å²) in [6.45, 7) is 4.53. The standard InChI is InChI=1S/C19H18ClN3O2/c1-3-25-19(24)16-11-23-17-12(2)7-14(20)8-15(17)18(16)22-10-13-5-4-6-21-9-13/h4-9,11H,3,10H2,1-2H3,(H,22,23). The summed E-state index contributed by atoms with van der Waals surface area (Å²) in [5.41, 5.74) is 3.80. The number of esters is 1. The number of halogens is 1. The minimum Gasteiger partial charge on any atom is -0.462 e. The van der Waals surface area contributed by atoms with Crippen LogP contribution in [0.1, 0.15) is 28.4 Å². The quantitative estimate of drug-likeness (QED) is 0.688. The van der Waals surface area contributed by atoms with Gasteiger partial charge < -0.3 is 10.1 Å². The Morgan fingerprint density at radius 1 is 1.32 bits per heavy atom. The van der Waals surface area contributed by atoms with Gasteiger partial charge in [-0.3, -0.25) is 9.97 Å². The number of aromatic nitrogens is 2. The van der Waals surface area contributed by atoms with E-state index in [1.807, 2.05) is 31.2 Å². The number of rotatable bonds is 5. The Morgan fingerprint density at radius 3 is 2.88 bits per heavy atom. The first-order chi connectivity index (χ1) is 12.1. The number of hydrogen-bond donors (Lipinski definition) is 1. The predicted molar refractivity (Wildman–Crippen MR) is 99.0 cm³/mol. The SMILES string of the molecule is CCOC(=O)c1cnc2c(C)cc(Cl)cc2c1NCc1cccnc1. The molecule has 0 saturated carbocycles. The van der Waals surface area contributed by atoms with Crippen molar-refractivity contribution in [2.75, 3.05) is 11.9 Å². The Morgan fingerprint density at radius 2 is 2.16 bits per heavy atom. The zero-order valence-corrected chi connectivity index (χ0v) is 14.8. The number of pyridine rings is 2. The molecule has 0 atom stereocenters. The summed E-state index contributed by atoms with van der Waals surface area (Å²) < 4.78 is 5.17. The number of benzene rings is 1. The van der Waals surface area contributed by atoms with Crippen LogP contribution in [0.5, 0.6) is 0 Å². The minimum atomic E-state index is -0.414. The van der Waals surface area contributed by atoms with Crippen LogP contribution in [0.4, 0.5) is 5.69 Å². The Balaban J connectivity index is 2.09. The first kappa shape index (κ1) is 17.2. The van der Waals surface area contributed by atoms with Gasteiger partial charge in [0.15, 0.2) is 0 Å². The van der Waals surface area contributed by atoms with E-state index in [9.17, 15) is 4.79 Å². The van der Waals surface area contributed by atoms with E-state index in [-0.39, 0.29) is 0 Å². The molecule has 0 fully saturated rings. The van der Waals surface area contributed by atoms with Crippen molar-refractivity contribution in [2.24, 2.45) is 0 Å². The van der Waals surface area contributed by atoms with Crippen molar-refractivity contribution in [2.45, 2.75) is 20.4 Å². The van der Waals surface area contributed by atoms with Gasteiger partial charge in [-0.2, -0.15) is 0 Å². The molecule has 1 aromatic carbocycles. The summed E-state index contributed by atoms with van der Waals surface area (Å²) in [4.78, 5) is 20.9. The van der Waals surface area contributed by atoms with Gasteiger partial charge in [0.2, 0.25) is 0 Å². The molecule has 0 saturated heterocycles. The molecule has 3 rings (SSSR count). The van der Waals surface area contributed by atoms with E-state index in [0.29, 0.717) is 29.4 Å². The maximum atomic E-state index is 12.3. The molecular weight excluding hydrogens is 338 g/mol. The number of ether oxygens (including phenoxy) is 1. The molecule has 0 spiro atoms. The molecule has 0 amide bonds. The zero-order valence-electron chi connectivity index (χ0n) is 14.0. The third-order valence-corrected chi connectivity index (χ3v) is 4.03. The molecule has 0 radical (unpaired) electrons. The molecule has 3 aromatic rings. The number of carbonyl (C=O) groups excluding carboxylic acids is 1. The number of anilines is 1. The third kappa shape index (κ3) is 3.72. The number of nitrogens with one attached hydrogen (secondary N) is 1. The largest absolute Gasteiger partial charge is 0.462 e. The molecule has 2 aromatic heterocycles. The van der Waals surface area contributed by atoms with Crippen molar-refractivity contribution in [3.05, 3.63) is 64.6 Å². The Kier molecular flexibility index (Phi) is 5.14. The highest BCUT2D eigenvalue weighted by Gasteiger charge is 2.18. The van der Waals surface area contributed by atoms with Gasteiger partial charge in [-0.1, -0.05) is 17.7 Å². The van der Waals surface area contributed by atoms with Crippen molar-refractivity contribution in [3.8, 4) is 0 Å². The summed E-state index contributed by atoms with van der Waals surface area (Å²) in [5.74, 6) is -0.414. The lowest BCUT2D eigenvalue weighted by atomic mass is 10.1. The van der Waals surface area contributed by atoms with Crippen LogP contribution in [0.25, 0.3) is 10.9 Å². The van der Waals surface area contributed by atoms with Gasteiger partial charge >= 0.3 is 5.97 Å². The van der Waals surface area contributed by atoms with Crippen LogP contribution >= 0.6 is 11.6 Å². The lowest BCUT2D eigenvalue weighted by Crippen LogP contribution is -2.11. The zero-order chi connectivity index (χ0) is 17.8. The van der Waals surface area contributed by atoms with Crippen molar-refractivity contribution in [3.63, 3.8) is 0 Å². The van der Waals surface area contributed by atoms with Crippen LogP contribution < -0.4 is 5.32 Å². The van der Waals surface area contributed by atoms with Gasteiger partial charge in [0.25, 0.3) is 0 Å². The maximum Gasteiger partial charge on any atom is 0.341 e. The number of fused-ring (bicyclic) bond motifs is 1. The van der Waals surface area contributed by atoms with E-state index in [2.05, 4.69) is 15.3 Å². The predicted octanol–water partition coefficient (Wildman–Crippen LogP) is 4.38. The van der Waals surface area contributed by atoms with E-state index >= 15 is 0 Å². The number of carbonyl (C=O) groups is 1. The van der Waals surface area contributed by atoms with Gasteiger partial charge in [0.05, 0.1) is 17.8 Å². The fourth-order valence-corrected chi connectivity index (χ4v) is 2.96. The van der Waals surface area contributed by atoms with Gasteiger partial charge in [0, 0.05) is 35.5 Å². The Hall–Kier alpha value is -2.66. The Bertz CT molecular complexity index is 913. The van der Waals surface area contributed by atoms with Crippen LogP contribution in [-0.4, -0.2) is 22.5 Å². The van der Waals surface area contributed by atoms with Crippen LogP contribution in [0, 0.1) is 6.92 Å².